The van der Waals surface area contributed by atoms with Crippen LogP contribution in [0.15, 0.2) is 35.3 Å². The Kier molecular flexibility index (Phi) is 4.34. The standard InChI is InChI=1S/C17H17F3N2O2/c18-17(19,20)8-9-22(11-4-3-5-11)16(24)13-10-21-14-7-2-1-6-12(14)15(13)23/h1-2,6-7,10-11H,3-5,8-9H2,(H,21,23). The molecule has 0 atom stereocenters. The van der Waals surface area contributed by atoms with E-state index in [9.17, 15) is 22.8 Å². The average molecular weight is 338 g/mol. The molecule has 7 heteroatoms. The zero-order chi connectivity index (χ0) is 17.3. The number of carbonyl (C=O) groups excluding carboxylic acids is 1. The van der Waals surface area contributed by atoms with Crippen LogP contribution in [-0.4, -0.2) is 34.6 Å². The van der Waals surface area contributed by atoms with E-state index in [0.29, 0.717) is 23.7 Å². The maximum atomic E-state index is 12.7. The van der Waals surface area contributed by atoms with Gasteiger partial charge in [-0.05, 0) is 31.4 Å². The van der Waals surface area contributed by atoms with Gasteiger partial charge >= 0.3 is 6.18 Å². The largest absolute Gasteiger partial charge is 0.390 e. The van der Waals surface area contributed by atoms with Crippen LogP contribution in [0.4, 0.5) is 13.2 Å². The zero-order valence-electron chi connectivity index (χ0n) is 12.9. The van der Waals surface area contributed by atoms with E-state index < -0.39 is 30.5 Å². The van der Waals surface area contributed by atoms with Crippen LogP contribution in [0, 0.1) is 0 Å². The average Bonchev–Trinajstić information content (AvgIpc) is 2.48. The van der Waals surface area contributed by atoms with Crippen LogP contribution in [0.1, 0.15) is 36.0 Å². The molecular weight excluding hydrogens is 321 g/mol. The molecule has 0 radical (unpaired) electrons. The van der Waals surface area contributed by atoms with Crippen molar-refractivity contribution in [2.75, 3.05) is 6.54 Å². The van der Waals surface area contributed by atoms with Crippen molar-refractivity contribution in [1.82, 2.24) is 9.88 Å². The Balaban J connectivity index is 1.92. The first-order valence-corrected chi connectivity index (χ1v) is 7.85. The number of alkyl halides is 3. The molecule has 128 valence electrons. The van der Waals surface area contributed by atoms with Gasteiger partial charge in [-0.15, -0.1) is 0 Å². The van der Waals surface area contributed by atoms with Crippen molar-refractivity contribution in [3.05, 3.63) is 46.2 Å². The number of benzene rings is 1. The van der Waals surface area contributed by atoms with E-state index >= 15 is 0 Å². The molecule has 1 aliphatic rings. The first-order valence-electron chi connectivity index (χ1n) is 7.85. The highest BCUT2D eigenvalue weighted by Gasteiger charge is 2.35. The second kappa shape index (κ2) is 6.30. The van der Waals surface area contributed by atoms with Gasteiger partial charge < -0.3 is 9.88 Å². The summed E-state index contributed by atoms with van der Waals surface area (Å²) in [5.74, 6) is -0.629. The lowest BCUT2D eigenvalue weighted by molar-refractivity contribution is -0.138. The molecule has 1 saturated carbocycles. The predicted molar refractivity (Wildman–Crippen MR) is 83.9 cm³/mol. The van der Waals surface area contributed by atoms with Gasteiger partial charge in [0.1, 0.15) is 5.56 Å². The third kappa shape index (κ3) is 3.29. The highest BCUT2D eigenvalue weighted by atomic mass is 19.4. The Morgan fingerprint density at radius 2 is 1.96 bits per heavy atom. The summed E-state index contributed by atoms with van der Waals surface area (Å²) in [5.41, 5.74) is 0.0259. The van der Waals surface area contributed by atoms with Crippen LogP contribution in [0.2, 0.25) is 0 Å². The number of nitrogens with zero attached hydrogens (tertiary/aromatic N) is 1. The van der Waals surface area contributed by atoms with Gasteiger partial charge in [0.25, 0.3) is 5.91 Å². The van der Waals surface area contributed by atoms with Crippen LogP contribution < -0.4 is 5.43 Å². The van der Waals surface area contributed by atoms with Crippen molar-refractivity contribution < 1.29 is 18.0 Å². The molecule has 0 unspecified atom stereocenters. The fraction of sp³-hybridized carbons (Fsp3) is 0.412. The minimum absolute atomic E-state index is 0.109. The summed E-state index contributed by atoms with van der Waals surface area (Å²) in [6.45, 7) is -0.417. The smallest absolute Gasteiger partial charge is 0.360 e. The monoisotopic (exact) mass is 338 g/mol. The Morgan fingerprint density at radius 3 is 2.58 bits per heavy atom. The minimum Gasteiger partial charge on any atom is -0.360 e. The Hall–Kier alpha value is -2.31. The normalized spacial score (nSPS) is 15.3. The van der Waals surface area contributed by atoms with E-state index in [1.807, 2.05) is 0 Å². The number of pyridine rings is 1. The summed E-state index contributed by atoms with van der Waals surface area (Å²) in [6, 6.07) is 6.51. The van der Waals surface area contributed by atoms with Crippen molar-refractivity contribution >= 4 is 16.8 Å². The molecular formula is C17H17F3N2O2. The van der Waals surface area contributed by atoms with Gasteiger partial charge in [-0.25, -0.2) is 0 Å². The summed E-state index contributed by atoms with van der Waals surface area (Å²) in [5, 5.41) is 0.354. The molecule has 1 N–H and O–H groups in total. The van der Waals surface area contributed by atoms with Crippen LogP contribution in [0.3, 0.4) is 0 Å². The zero-order valence-corrected chi connectivity index (χ0v) is 12.9. The minimum atomic E-state index is -4.34. The number of nitrogens with one attached hydrogen (secondary N) is 1. The summed E-state index contributed by atoms with van der Waals surface area (Å²) < 4.78 is 37.6. The summed E-state index contributed by atoms with van der Waals surface area (Å²) in [7, 11) is 0. The molecule has 1 aromatic heterocycles. The number of halogens is 3. The van der Waals surface area contributed by atoms with E-state index in [0.717, 1.165) is 6.42 Å². The number of H-pyrrole nitrogens is 1. The molecule has 1 amide bonds. The number of carbonyl (C=O) groups is 1. The van der Waals surface area contributed by atoms with Crippen molar-refractivity contribution in [2.45, 2.75) is 37.9 Å². The second-order valence-electron chi connectivity index (χ2n) is 6.03. The maximum absolute atomic E-state index is 12.7. The Morgan fingerprint density at radius 1 is 1.25 bits per heavy atom. The SMILES string of the molecule is O=C(c1c[nH]c2ccccc2c1=O)N(CCC(F)(F)F)C1CCC1. The van der Waals surface area contributed by atoms with E-state index in [-0.39, 0.29) is 11.6 Å². The maximum Gasteiger partial charge on any atom is 0.390 e. The van der Waals surface area contributed by atoms with Gasteiger partial charge in [0, 0.05) is 29.7 Å². The quantitative estimate of drug-likeness (QED) is 0.928. The van der Waals surface area contributed by atoms with Crippen LogP contribution in [-0.2, 0) is 0 Å². The number of hydrogen-bond acceptors (Lipinski definition) is 2. The van der Waals surface area contributed by atoms with Crippen molar-refractivity contribution in [2.24, 2.45) is 0 Å². The molecule has 1 heterocycles. The highest BCUT2D eigenvalue weighted by Crippen LogP contribution is 2.28. The highest BCUT2D eigenvalue weighted by molar-refractivity contribution is 5.97. The van der Waals surface area contributed by atoms with Gasteiger partial charge in [-0.3, -0.25) is 9.59 Å². The molecule has 1 aromatic carbocycles. The molecule has 0 spiro atoms. The lowest BCUT2D eigenvalue weighted by Crippen LogP contribution is -2.46. The van der Waals surface area contributed by atoms with Crippen molar-refractivity contribution in [3.63, 3.8) is 0 Å². The molecule has 1 aliphatic carbocycles. The topological polar surface area (TPSA) is 53.2 Å². The van der Waals surface area contributed by atoms with Gasteiger partial charge in [-0.2, -0.15) is 13.2 Å². The van der Waals surface area contributed by atoms with E-state index in [2.05, 4.69) is 4.98 Å². The lowest BCUT2D eigenvalue weighted by Gasteiger charge is -2.37. The summed E-state index contributed by atoms with van der Waals surface area (Å²) >= 11 is 0. The van der Waals surface area contributed by atoms with Gasteiger partial charge in [0.2, 0.25) is 5.43 Å². The first-order chi connectivity index (χ1) is 11.4. The number of rotatable bonds is 4. The Bertz CT molecular complexity index is 809. The van der Waals surface area contributed by atoms with E-state index in [1.54, 1.807) is 24.3 Å². The van der Waals surface area contributed by atoms with Crippen molar-refractivity contribution in [1.29, 1.82) is 0 Å². The third-order valence-corrected chi connectivity index (χ3v) is 4.43. The third-order valence-electron chi connectivity index (χ3n) is 4.43. The van der Waals surface area contributed by atoms with Crippen molar-refractivity contribution in [3.8, 4) is 0 Å². The van der Waals surface area contributed by atoms with Gasteiger partial charge in [0.05, 0.1) is 6.42 Å². The first kappa shape index (κ1) is 16.5. The summed E-state index contributed by atoms with van der Waals surface area (Å²) in [6.07, 6.45) is -1.87. The molecule has 3 rings (SSSR count). The van der Waals surface area contributed by atoms with E-state index in [1.165, 1.54) is 11.1 Å². The summed E-state index contributed by atoms with van der Waals surface area (Å²) in [4.78, 5) is 29.3. The second-order valence-corrected chi connectivity index (χ2v) is 6.03. The Labute approximate surface area is 136 Å². The van der Waals surface area contributed by atoms with Crippen LogP contribution in [0.5, 0.6) is 0 Å². The molecule has 0 saturated heterocycles. The number of fused-ring (bicyclic) bond motifs is 1. The van der Waals surface area contributed by atoms with E-state index in [4.69, 9.17) is 0 Å². The number of aromatic nitrogens is 1. The number of hydrogen-bond donors (Lipinski definition) is 1. The van der Waals surface area contributed by atoms with Crippen LogP contribution in [0.25, 0.3) is 10.9 Å². The number of aromatic amines is 1. The van der Waals surface area contributed by atoms with Gasteiger partial charge in [-0.1, -0.05) is 12.1 Å². The fourth-order valence-electron chi connectivity index (χ4n) is 2.88. The lowest BCUT2D eigenvalue weighted by atomic mass is 9.90. The molecule has 4 nitrogen and oxygen atoms in total. The molecule has 1 fully saturated rings. The fourth-order valence-corrected chi connectivity index (χ4v) is 2.88. The molecule has 0 aliphatic heterocycles. The molecule has 0 bridgehead atoms. The van der Waals surface area contributed by atoms with Gasteiger partial charge in [0.15, 0.2) is 0 Å². The number of para-hydroxylation sites is 1. The van der Waals surface area contributed by atoms with Crippen LogP contribution >= 0.6 is 0 Å². The molecule has 24 heavy (non-hydrogen) atoms. The predicted octanol–water partition coefficient (Wildman–Crippen LogP) is 3.48. The number of amides is 1. The molecule has 2 aromatic rings.